The number of hydrogen-bond acceptors (Lipinski definition) is 11. The molecule has 0 amide bonds. The molecule has 14 heteroatoms. The molecule has 4 aliphatic heterocycles. The van der Waals surface area contributed by atoms with Crippen LogP contribution >= 0.6 is 23.8 Å². The number of ether oxygens (including phenoxy) is 2. The monoisotopic (exact) mass is 476 g/mol. The van der Waals surface area contributed by atoms with Gasteiger partial charge in [-0.05, 0) is 0 Å². The van der Waals surface area contributed by atoms with Crippen LogP contribution in [0.25, 0.3) is 0 Å². The van der Waals surface area contributed by atoms with Crippen molar-refractivity contribution in [2.45, 2.75) is 42.2 Å². The Balaban J connectivity index is 1.53. The number of fused-ring (bicyclic) bond motifs is 1. The summed E-state index contributed by atoms with van der Waals surface area (Å²) in [5.41, 5.74) is 6.87. The molecule has 0 radical (unpaired) electrons. The number of methoxy groups -OCH3 is 1. The average Bonchev–Trinajstić information content (AvgIpc) is 3.18. The summed E-state index contributed by atoms with van der Waals surface area (Å²) < 4.78 is 29.9. The first-order chi connectivity index (χ1) is 13.5. The Hall–Kier alpha value is -0.965. The molecule has 0 spiro atoms. The third-order valence-corrected chi connectivity index (χ3v) is 7.82. The Morgan fingerprint density at radius 3 is 3.18 bits per heavy atom. The molecule has 0 saturated carbocycles. The van der Waals surface area contributed by atoms with E-state index in [-0.39, 0.29) is 36.5 Å². The summed E-state index contributed by atoms with van der Waals surface area (Å²) in [7, 11) is 0.566. The molecule has 0 aromatic heterocycles. The van der Waals surface area contributed by atoms with Crippen molar-refractivity contribution in [2.75, 3.05) is 20.3 Å². The first-order valence-corrected chi connectivity index (χ1v) is 12.1. The summed E-state index contributed by atoms with van der Waals surface area (Å²) in [4.78, 5) is 6.37. The Labute approximate surface area is 172 Å². The van der Waals surface area contributed by atoms with E-state index in [9.17, 15) is 0 Å². The molecule has 28 heavy (non-hydrogen) atoms. The number of nitrogens with zero attached hydrogens (tertiary/aromatic N) is 3. The average molecular weight is 477 g/mol. The molecule has 0 aromatic rings. The van der Waals surface area contributed by atoms with Gasteiger partial charge in [0.05, 0.1) is 0 Å². The normalized spacial score (nSPS) is 39.6. The zero-order valence-electron chi connectivity index (χ0n) is 15.5. The van der Waals surface area contributed by atoms with Crippen molar-refractivity contribution >= 4 is 37.7 Å². The number of nitrogens with two attached hydrogens (primary N) is 1. The molecule has 0 bridgehead atoms. The molecule has 4 N–H and O–H groups in total. The van der Waals surface area contributed by atoms with Gasteiger partial charge in [-0.3, -0.25) is 0 Å². The van der Waals surface area contributed by atoms with Gasteiger partial charge in [0.1, 0.15) is 0 Å². The molecular weight excluding hydrogens is 454 g/mol. The second kappa shape index (κ2) is 8.05. The van der Waals surface area contributed by atoms with E-state index in [2.05, 4.69) is 37.6 Å². The Morgan fingerprint density at radius 2 is 2.43 bits per heavy atom. The molecule has 11 nitrogen and oxygen atoms in total. The molecule has 2 saturated heterocycles. The van der Waals surface area contributed by atoms with Gasteiger partial charge in [0.2, 0.25) is 0 Å². The van der Waals surface area contributed by atoms with Crippen LogP contribution in [-0.4, -0.2) is 74.9 Å². The van der Waals surface area contributed by atoms with Crippen LogP contribution in [0, 0.1) is 11.3 Å². The fraction of sp³-hybridized carbons (Fsp3) is 0.714. The van der Waals surface area contributed by atoms with Gasteiger partial charge in [-0.2, -0.15) is 0 Å². The van der Waals surface area contributed by atoms with E-state index < -0.39 is 20.2 Å². The summed E-state index contributed by atoms with van der Waals surface area (Å²) in [6.07, 6.45) is -0.0543. The third-order valence-electron chi connectivity index (χ3n) is 5.03. The van der Waals surface area contributed by atoms with Gasteiger partial charge in [-0.25, -0.2) is 0 Å². The quantitative estimate of drug-likeness (QED) is 0.146. The predicted octanol–water partition coefficient (Wildman–Crippen LogP) is -1.22. The van der Waals surface area contributed by atoms with E-state index in [1.165, 1.54) is 0 Å². The molecule has 0 aliphatic carbocycles. The van der Waals surface area contributed by atoms with E-state index in [0.29, 0.717) is 12.4 Å². The Bertz CT molecular complexity index is 727. The molecule has 4 aliphatic rings. The van der Waals surface area contributed by atoms with Gasteiger partial charge in [-0.15, -0.1) is 0 Å². The van der Waals surface area contributed by atoms with Crippen LogP contribution in [0.15, 0.2) is 16.5 Å². The fourth-order valence-electron chi connectivity index (χ4n) is 3.72. The van der Waals surface area contributed by atoms with Crippen LogP contribution in [0.3, 0.4) is 0 Å². The summed E-state index contributed by atoms with van der Waals surface area (Å²) in [6, 6.07) is 2.05. The van der Waals surface area contributed by atoms with E-state index in [1.807, 2.05) is 12.5 Å². The maximum absolute atomic E-state index is 8.72. The molecule has 154 valence electrons. The van der Waals surface area contributed by atoms with E-state index in [1.54, 1.807) is 13.4 Å². The molecule has 4 unspecified atom stereocenters. The van der Waals surface area contributed by atoms with E-state index in [0.717, 1.165) is 5.70 Å². The second-order valence-corrected chi connectivity index (χ2v) is 10.2. The number of aliphatic imine (C=N–C) groups is 1. The van der Waals surface area contributed by atoms with Crippen molar-refractivity contribution in [1.29, 1.82) is 5.26 Å². The van der Waals surface area contributed by atoms with Crippen molar-refractivity contribution in [1.82, 2.24) is 15.5 Å². The van der Waals surface area contributed by atoms with Gasteiger partial charge in [0.25, 0.3) is 0 Å². The van der Waals surface area contributed by atoms with Crippen molar-refractivity contribution in [3.8, 4) is 6.07 Å². The summed E-state index contributed by atoms with van der Waals surface area (Å²) in [6.45, 7) is 0.606. The zero-order valence-corrected chi connectivity index (χ0v) is 18.1. The Kier molecular flexibility index (Phi) is 5.84. The number of hydrogen-bond donors (Lipinski definition) is 3. The fourth-order valence-corrected chi connectivity index (χ4v) is 6.33. The molecule has 4 rings (SSSR count). The molecule has 0 aromatic carbocycles. The van der Waals surface area contributed by atoms with Crippen molar-refractivity contribution < 1.29 is 23.0 Å². The molecular formula is C14H23BBrN6O5P. The van der Waals surface area contributed by atoms with Gasteiger partial charge in [0, 0.05) is 0 Å². The summed E-state index contributed by atoms with van der Waals surface area (Å²) >= 11 is 3.61. The summed E-state index contributed by atoms with van der Waals surface area (Å²) in [5.74, 6) is 0.685. The Morgan fingerprint density at radius 1 is 1.61 bits per heavy atom. The zero-order chi connectivity index (χ0) is 19.9. The third kappa shape index (κ3) is 3.53. The van der Waals surface area contributed by atoms with Crippen LogP contribution in [0.1, 0.15) is 6.42 Å². The SMILES string of the molecule is B[PH]1(OCCC#N)OC[C@H]2OC(N3C4=C(NC3Br)C(N)NC=N4)C(OC)[C@@H]2O1. The standard InChI is InChI=1S/C14H23BBrN6O5P/c1-23-10-9-7(5-25-28(15,27-9)24-4-2-3-17)26-13(10)22-12-8(21-14(22)16)11(18)19-6-20-12/h6-7,9-11,13-14,21,28H,2,4-5,15,18H2,1H3,(H,19,20)/t7-,9-,10?,11?,13?,14?/m1/s1. The first kappa shape index (κ1) is 20.3. The first-order valence-electron chi connectivity index (χ1n) is 8.95. The number of nitrogens with one attached hydrogen (secondary N) is 2. The van der Waals surface area contributed by atoms with Crippen molar-refractivity contribution in [3.05, 3.63) is 11.5 Å². The minimum atomic E-state index is -2.88. The van der Waals surface area contributed by atoms with Gasteiger partial charge < -0.3 is 0 Å². The van der Waals surface area contributed by atoms with E-state index in [4.69, 9.17) is 34.0 Å². The molecule has 2 fully saturated rings. The van der Waals surface area contributed by atoms with Gasteiger partial charge in [0.15, 0.2) is 0 Å². The van der Waals surface area contributed by atoms with Gasteiger partial charge >= 0.3 is 172 Å². The summed E-state index contributed by atoms with van der Waals surface area (Å²) in [5, 5.41) is 14.7. The van der Waals surface area contributed by atoms with Crippen molar-refractivity contribution in [3.63, 3.8) is 0 Å². The predicted molar refractivity (Wildman–Crippen MR) is 108 cm³/mol. The minimum absolute atomic E-state index is 0.264. The maximum atomic E-state index is 8.72. The molecule has 6 atom stereocenters. The van der Waals surface area contributed by atoms with E-state index >= 15 is 0 Å². The number of alkyl halides is 1. The second-order valence-electron chi connectivity index (χ2n) is 6.81. The number of nitriles is 1. The van der Waals surface area contributed by atoms with Gasteiger partial charge in [-0.1, -0.05) is 0 Å². The molecule has 4 heterocycles. The van der Waals surface area contributed by atoms with Crippen LogP contribution < -0.4 is 16.4 Å². The van der Waals surface area contributed by atoms with Crippen LogP contribution in [0.5, 0.6) is 0 Å². The number of halogens is 1. The van der Waals surface area contributed by atoms with Crippen LogP contribution in [0.4, 0.5) is 0 Å². The number of rotatable bonds is 5. The van der Waals surface area contributed by atoms with Crippen LogP contribution in [0.2, 0.25) is 0 Å². The topological polar surface area (TPSA) is 136 Å². The van der Waals surface area contributed by atoms with Crippen LogP contribution in [-0.2, 0) is 23.0 Å². The van der Waals surface area contributed by atoms with Crippen molar-refractivity contribution in [2.24, 2.45) is 10.7 Å².